The van der Waals surface area contributed by atoms with Crippen LogP contribution in [0.3, 0.4) is 0 Å². The van der Waals surface area contributed by atoms with E-state index in [1.165, 1.54) is 0 Å². The molecule has 0 saturated carbocycles. The number of nitrogens with zero attached hydrogens (tertiary/aromatic N) is 6. The van der Waals surface area contributed by atoms with Gasteiger partial charge in [0.05, 0.1) is 5.69 Å². The number of hydrogen-bond acceptors (Lipinski definition) is 5. The largest absolute Gasteiger partial charge is 0.351 e. The molecule has 3 heterocycles. The van der Waals surface area contributed by atoms with Crippen LogP contribution in [0.25, 0.3) is 11.0 Å². The molecule has 0 radical (unpaired) electrons. The van der Waals surface area contributed by atoms with Gasteiger partial charge < -0.3 is 15.1 Å². The number of rotatable bonds is 2. The van der Waals surface area contributed by atoms with Crippen molar-refractivity contribution in [3.05, 3.63) is 41.9 Å². The van der Waals surface area contributed by atoms with Gasteiger partial charge in [0, 0.05) is 38.9 Å². The van der Waals surface area contributed by atoms with E-state index in [9.17, 15) is 4.79 Å². The lowest BCUT2D eigenvalue weighted by Crippen LogP contribution is -2.50. The molecular weight excluding hydrogens is 342 g/mol. The minimum absolute atomic E-state index is 0.0619. The van der Waals surface area contributed by atoms with Crippen molar-refractivity contribution in [2.75, 3.05) is 36.4 Å². The van der Waals surface area contributed by atoms with Crippen molar-refractivity contribution in [3.63, 3.8) is 0 Å². The van der Waals surface area contributed by atoms with E-state index in [0.717, 1.165) is 46.9 Å². The molecule has 1 aliphatic rings. The van der Waals surface area contributed by atoms with Gasteiger partial charge in [-0.3, -0.25) is 4.68 Å². The maximum Gasteiger partial charge on any atom is 0.321 e. The molecule has 1 aliphatic heterocycles. The highest BCUT2D eigenvalue weighted by atomic mass is 16.2. The number of carbonyl (C=O) groups excluding carboxylic acids is 1. The third kappa shape index (κ3) is 3.18. The molecule has 0 spiro atoms. The lowest BCUT2D eigenvalue weighted by atomic mass is 10.2. The lowest BCUT2D eigenvalue weighted by Gasteiger charge is -2.35. The van der Waals surface area contributed by atoms with Crippen LogP contribution in [0.4, 0.5) is 16.3 Å². The number of carbonyl (C=O) groups is 1. The highest BCUT2D eigenvalue weighted by Crippen LogP contribution is 2.25. The molecular formula is C19H23N7O. The van der Waals surface area contributed by atoms with E-state index in [1.54, 1.807) is 6.33 Å². The number of hydrogen-bond donors (Lipinski definition) is 1. The van der Waals surface area contributed by atoms with Crippen molar-refractivity contribution in [3.8, 4) is 0 Å². The highest BCUT2D eigenvalue weighted by molar-refractivity contribution is 5.91. The molecule has 1 N–H and O–H groups in total. The fourth-order valence-corrected chi connectivity index (χ4v) is 3.51. The molecule has 8 heteroatoms. The third-order valence-electron chi connectivity index (χ3n) is 5.02. The van der Waals surface area contributed by atoms with Crippen LogP contribution in [-0.4, -0.2) is 56.9 Å². The molecule has 2 amide bonds. The normalized spacial score (nSPS) is 14.6. The Bertz CT molecular complexity index is 989. The predicted octanol–water partition coefficient (Wildman–Crippen LogP) is 2.33. The summed E-state index contributed by atoms with van der Waals surface area (Å²) in [7, 11) is 1.91. The molecule has 0 unspecified atom stereocenters. The van der Waals surface area contributed by atoms with Gasteiger partial charge in [-0.15, -0.1) is 0 Å². The molecule has 1 aromatic carbocycles. The first-order valence-corrected chi connectivity index (χ1v) is 9.05. The second-order valence-electron chi connectivity index (χ2n) is 6.82. The average molecular weight is 365 g/mol. The van der Waals surface area contributed by atoms with E-state index in [-0.39, 0.29) is 6.03 Å². The van der Waals surface area contributed by atoms with Gasteiger partial charge in [0.25, 0.3) is 0 Å². The maximum atomic E-state index is 12.6. The standard InChI is InChI=1S/C19H23N7O/c1-13-6-4-5-7-15(13)22-19(27)26-10-8-25(9-11-26)18-17-16(20-12-21-18)14(2)23-24(17)3/h4-7,12H,8-11H2,1-3H3,(H,22,27). The number of para-hydroxylation sites is 1. The van der Waals surface area contributed by atoms with Crippen LogP contribution in [0.15, 0.2) is 30.6 Å². The Balaban J connectivity index is 1.47. The zero-order chi connectivity index (χ0) is 19.0. The van der Waals surface area contributed by atoms with Gasteiger partial charge in [0.2, 0.25) is 0 Å². The number of fused-ring (bicyclic) bond motifs is 1. The van der Waals surface area contributed by atoms with E-state index < -0.39 is 0 Å². The van der Waals surface area contributed by atoms with Gasteiger partial charge in [0.1, 0.15) is 17.4 Å². The molecule has 3 aromatic rings. The molecule has 0 atom stereocenters. The number of anilines is 2. The Labute approximate surface area is 157 Å². The summed E-state index contributed by atoms with van der Waals surface area (Å²) < 4.78 is 1.83. The minimum Gasteiger partial charge on any atom is -0.351 e. The van der Waals surface area contributed by atoms with E-state index >= 15 is 0 Å². The minimum atomic E-state index is -0.0619. The quantitative estimate of drug-likeness (QED) is 0.754. The van der Waals surface area contributed by atoms with Crippen molar-refractivity contribution in [2.24, 2.45) is 7.05 Å². The first-order valence-electron chi connectivity index (χ1n) is 9.05. The van der Waals surface area contributed by atoms with Crippen LogP contribution in [0.5, 0.6) is 0 Å². The number of aryl methyl sites for hydroxylation is 3. The molecule has 1 saturated heterocycles. The topological polar surface area (TPSA) is 79.2 Å². The molecule has 8 nitrogen and oxygen atoms in total. The van der Waals surface area contributed by atoms with E-state index in [4.69, 9.17) is 0 Å². The van der Waals surface area contributed by atoms with Gasteiger partial charge in [0.15, 0.2) is 5.82 Å². The van der Waals surface area contributed by atoms with Crippen LogP contribution in [0.1, 0.15) is 11.3 Å². The van der Waals surface area contributed by atoms with Gasteiger partial charge in [-0.05, 0) is 25.5 Å². The molecule has 2 aromatic heterocycles. The van der Waals surface area contributed by atoms with Crippen LogP contribution >= 0.6 is 0 Å². The van der Waals surface area contributed by atoms with Crippen LogP contribution < -0.4 is 10.2 Å². The van der Waals surface area contributed by atoms with Crippen LogP contribution in [-0.2, 0) is 7.05 Å². The van der Waals surface area contributed by atoms with E-state index in [1.807, 2.05) is 54.7 Å². The monoisotopic (exact) mass is 365 g/mol. The lowest BCUT2D eigenvalue weighted by molar-refractivity contribution is 0.208. The summed E-state index contributed by atoms with van der Waals surface area (Å²) in [6.07, 6.45) is 1.59. The predicted molar refractivity (Wildman–Crippen MR) is 105 cm³/mol. The zero-order valence-corrected chi connectivity index (χ0v) is 15.8. The van der Waals surface area contributed by atoms with E-state index in [0.29, 0.717) is 13.1 Å². The zero-order valence-electron chi connectivity index (χ0n) is 15.8. The van der Waals surface area contributed by atoms with Gasteiger partial charge in [-0.1, -0.05) is 18.2 Å². The first kappa shape index (κ1) is 17.3. The van der Waals surface area contributed by atoms with Crippen molar-refractivity contribution >= 4 is 28.6 Å². The Kier molecular flexibility index (Phi) is 4.39. The second-order valence-corrected chi connectivity index (χ2v) is 6.82. The fraction of sp³-hybridized carbons (Fsp3) is 0.368. The van der Waals surface area contributed by atoms with Gasteiger partial charge in [-0.25, -0.2) is 14.8 Å². The molecule has 0 bridgehead atoms. The molecule has 4 rings (SSSR count). The fourth-order valence-electron chi connectivity index (χ4n) is 3.51. The molecule has 140 valence electrons. The summed E-state index contributed by atoms with van der Waals surface area (Å²) in [5, 5.41) is 7.46. The summed E-state index contributed by atoms with van der Waals surface area (Å²) in [6.45, 7) is 6.66. The average Bonchev–Trinajstić information content (AvgIpc) is 2.98. The van der Waals surface area contributed by atoms with E-state index in [2.05, 4.69) is 25.3 Å². The van der Waals surface area contributed by atoms with Crippen LogP contribution in [0.2, 0.25) is 0 Å². The second kappa shape index (κ2) is 6.86. The van der Waals surface area contributed by atoms with Crippen LogP contribution in [0, 0.1) is 13.8 Å². The van der Waals surface area contributed by atoms with Crippen molar-refractivity contribution in [2.45, 2.75) is 13.8 Å². The highest BCUT2D eigenvalue weighted by Gasteiger charge is 2.25. The van der Waals surface area contributed by atoms with Crippen molar-refractivity contribution in [1.82, 2.24) is 24.6 Å². The Morgan fingerprint density at radius 1 is 1.07 bits per heavy atom. The summed E-state index contributed by atoms with van der Waals surface area (Å²) in [5.74, 6) is 0.877. The van der Waals surface area contributed by atoms with Gasteiger partial charge >= 0.3 is 6.03 Å². The van der Waals surface area contributed by atoms with Crippen molar-refractivity contribution in [1.29, 1.82) is 0 Å². The van der Waals surface area contributed by atoms with Gasteiger partial charge in [-0.2, -0.15) is 5.10 Å². The number of nitrogens with one attached hydrogen (secondary N) is 1. The number of urea groups is 1. The Morgan fingerprint density at radius 3 is 2.56 bits per heavy atom. The molecule has 27 heavy (non-hydrogen) atoms. The summed E-state index contributed by atoms with van der Waals surface area (Å²) in [6, 6.07) is 7.74. The summed E-state index contributed by atoms with van der Waals surface area (Å²) in [4.78, 5) is 25.5. The maximum absolute atomic E-state index is 12.6. The van der Waals surface area contributed by atoms with Crippen molar-refractivity contribution < 1.29 is 4.79 Å². The third-order valence-corrected chi connectivity index (χ3v) is 5.02. The smallest absolute Gasteiger partial charge is 0.321 e. The summed E-state index contributed by atoms with van der Waals surface area (Å²) in [5.41, 5.74) is 4.62. The summed E-state index contributed by atoms with van der Waals surface area (Å²) >= 11 is 0. The first-order chi connectivity index (χ1) is 13.0. The number of benzene rings is 1. The Morgan fingerprint density at radius 2 is 1.81 bits per heavy atom. The Hall–Kier alpha value is -3.16. The molecule has 0 aliphatic carbocycles. The number of aromatic nitrogens is 4. The SMILES string of the molecule is Cc1ccccc1NC(=O)N1CCN(c2ncnc3c(C)nn(C)c23)CC1. The number of piperazine rings is 1. The molecule has 1 fully saturated rings. The number of amides is 2.